The van der Waals surface area contributed by atoms with Crippen LogP contribution in [-0.2, 0) is 4.79 Å². The highest BCUT2D eigenvalue weighted by molar-refractivity contribution is 7.11. The van der Waals surface area contributed by atoms with E-state index in [1.807, 2.05) is 0 Å². The summed E-state index contributed by atoms with van der Waals surface area (Å²) in [6.45, 7) is 3.02. The molecular formula is C13H19N3OS. The SMILES string of the molecule is NNC(=O)CCCN1CC=C(c2cccs2)CC1. The number of thiophene rings is 1. The van der Waals surface area contributed by atoms with Gasteiger partial charge < -0.3 is 0 Å². The number of hydrogen-bond acceptors (Lipinski definition) is 4. The maximum Gasteiger partial charge on any atom is 0.233 e. The molecule has 0 saturated carbocycles. The largest absolute Gasteiger partial charge is 0.299 e. The summed E-state index contributed by atoms with van der Waals surface area (Å²) in [4.78, 5) is 14.8. The molecule has 0 aliphatic carbocycles. The number of hydrogen-bond donors (Lipinski definition) is 2. The van der Waals surface area contributed by atoms with Crippen LogP contribution in [0.5, 0.6) is 0 Å². The van der Waals surface area contributed by atoms with Crippen LogP contribution < -0.4 is 11.3 Å². The van der Waals surface area contributed by atoms with E-state index < -0.39 is 0 Å². The molecule has 1 aliphatic heterocycles. The molecule has 3 N–H and O–H groups in total. The first-order chi connectivity index (χ1) is 8.79. The van der Waals surface area contributed by atoms with Gasteiger partial charge in [0.2, 0.25) is 5.91 Å². The molecule has 2 heterocycles. The van der Waals surface area contributed by atoms with Gasteiger partial charge in [0.1, 0.15) is 0 Å². The maximum atomic E-state index is 11.0. The monoisotopic (exact) mass is 265 g/mol. The number of nitrogens with zero attached hydrogens (tertiary/aromatic N) is 1. The minimum atomic E-state index is -0.0816. The molecule has 4 nitrogen and oxygen atoms in total. The number of amides is 1. The highest BCUT2D eigenvalue weighted by Gasteiger charge is 2.13. The van der Waals surface area contributed by atoms with E-state index in [1.165, 1.54) is 10.5 Å². The molecule has 1 aliphatic rings. The summed E-state index contributed by atoms with van der Waals surface area (Å²) in [6.07, 6.45) is 4.78. The molecule has 0 fully saturated rings. The third-order valence-electron chi connectivity index (χ3n) is 3.17. The predicted molar refractivity (Wildman–Crippen MR) is 74.9 cm³/mol. The van der Waals surface area contributed by atoms with Crippen molar-refractivity contribution in [1.82, 2.24) is 10.3 Å². The van der Waals surface area contributed by atoms with Crippen molar-refractivity contribution in [3.8, 4) is 0 Å². The van der Waals surface area contributed by atoms with Crippen LogP contribution in [0, 0.1) is 0 Å². The zero-order valence-corrected chi connectivity index (χ0v) is 11.2. The molecule has 0 aromatic carbocycles. The molecule has 98 valence electrons. The molecule has 0 saturated heterocycles. The normalized spacial score (nSPS) is 16.4. The number of rotatable bonds is 5. The van der Waals surface area contributed by atoms with Crippen LogP contribution in [0.1, 0.15) is 24.1 Å². The quantitative estimate of drug-likeness (QED) is 0.483. The first-order valence-corrected chi connectivity index (χ1v) is 7.12. The van der Waals surface area contributed by atoms with Crippen LogP contribution in [0.3, 0.4) is 0 Å². The lowest BCUT2D eigenvalue weighted by Gasteiger charge is -2.25. The van der Waals surface area contributed by atoms with Gasteiger partial charge in [-0.25, -0.2) is 5.84 Å². The zero-order valence-electron chi connectivity index (χ0n) is 10.4. The summed E-state index contributed by atoms with van der Waals surface area (Å²) in [7, 11) is 0. The predicted octanol–water partition coefficient (Wildman–Crippen LogP) is 1.61. The highest BCUT2D eigenvalue weighted by atomic mass is 32.1. The molecule has 0 bridgehead atoms. The van der Waals surface area contributed by atoms with Crippen molar-refractivity contribution in [2.24, 2.45) is 5.84 Å². The van der Waals surface area contributed by atoms with E-state index in [2.05, 4.69) is 33.9 Å². The third-order valence-corrected chi connectivity index (χ3v) is 4.12. The molecule has 0 spiro atoms. The number of hydrazine groups is 1. The Morgan fingerprint density at radius 3 is 3.06 bits per heavy atom. The van der Waals surface area contributed by atoms with Crippen LogP contribution in [0.15, 0.2) is 23.6 Å². The van der Waals surface area contributed by atoms with Crippen molar-refractivity contribution in [3.63, 3.8) is 0 Å². The minimum absolute atomic E-state index is 0.0816. The molecule has 0 atom stereocenters. The van der Waals surface area contributed by atoms with Crippen LogP contribution in [-0.4, -0.2) is 30.4 Å². The average Bonchev–Trinajstić information content (AvgIpc) is 2.93. The van der Waals surface area contributed by atoms with Gasteiger partial charge in [-0.15, -0.1) is 11.3 Å². The maximum absolute atomic E-state index is 11.0. The van der Waals surface area contributed by atoms with Crippen LogP contribution in [0.4, 0.5) is 0 Å². The molecule has 1 aromatic heterocycles. The first-order valence-electron chi connectivity index (χ1n) is 6.24. The molecule has 5 heteroatoms. The van der Waals surface area contributed by atoms with Crippen LogP contribution in [0.25, 0.3) is 5.57 Å². The van der Waals surface area contributed by atoms with Crippen molar-refractivity contribution in [2.75, 3.05) is 19.6 Å². The van der Waals surface area contributed by atoms with E-state index in [0.29, 0.717) is 6.42 Å². The molecule has 1 amide bonds. The van der Waals surface area contributed by atoms with Gasteiger partial charge in [-0.3, -0.25) is 15.1 Å². The number of carbonyl (C=O) groups is 1. The summed E-state index contributed by atoms with van der Waals surface area (Å²) >= 11 is 1.80. The van der Waals surface area contributed by atoms with E-state index >= 15 is 0 Å². The van der Waals surface area contributed by atoms with E-state index in [1.54, 1.807) is 11.3 Å². The number of nitrogens with two attached hydrogens (primary N) is 1. The molecular weight excluding hydrogens is 246 g/mol. The smallest absolute Gasteiger partial charge is 0.233 e. The molecule has 0 unspecified atom stereocenters. The lowest BCUT2D eigenvalue weighted by Crippen LogP contribution is -2.32. The van der Waals surface area contributed by atoms with Crippen molar-refractivity contribution < 1.29 is 4.79 Å². The van der Waals surface area contributed by atoms with Crippen molar-refractivity contribution >= 4 is 22.8 Å². The lowest BCUT2D eigenvalue weighted by atomic mass is 10.1. The van der Waals surface area contributed by atoms with Gasteiger partial charge in [-0.2, -0.15) is 0 Å². The minimum Gasteiger partial charge on any atom is -0.299 e. The van der Waals surface area contributed by atoms with Gasteiger partial charge in [-0.05, 0) is 36.4 Å². The van der Waals surface area contributed by atoms with E-state index in [0.717, 1.165) is 32.5 Å². The van der Waals surface area contributed by atoms with E-state index in [9.17, 15) is 4.79 Å². The Bertz CT molecular complexity index is 414. The Morgan fingerprint density at radius 2 is 2.44 bits per heavy atom. The van der Waals surface area contributed by atoms with Gasteiger partial charge in [0, 0.05) is 24.4 Å². The van der Waals surface area contributed by atoms with Crippen molar-refractivity contribution in [2.45, 2.75) is 19.3 Å². The fourth-order valence-electron chi connectivity index (χ4n) is 2.13. The summed E-state index contributed by atoms with van der Waals surface area (Å²) < 4.78 is 0. The summed E-state index contributed by atoms with van der Waals surface area (Å²) in [5.41, 5.74) is 3.62. The van der Waals surface area contributed by atoms with Crippen LogP contribution in [0.2, 0.25) is 0 Å². The number of carbonyl (C=O) groups excluding carboxylic acids is 1. The molecule has 0 radical (unpaired) electrons. The zero-order chi connectivity index (χ0) is 12.8. The molecule has 1 aromatic rings. The summed E-state index contributed by atoms with van der Waals surface area (Å²) in [6, 6.07) is 4.27. The number of nitrogens with one attached hydrogen (secondary N) is 1. The summed E-state index contributed by atoms with van der Waals surface area (Å²) in [5.74, 6) is 4.96. The molecule has 18 heavy (non-hydrogen) atoms. The van der Waals surface area contributed by atoms with E-state index in [4.69, 9.17) is 5.84 Å². The van der Waals surface area contributed by atoms with Gasteiger partial charge in [0.25, 0.3) is 0 Å². The Labute approximate surface area is 111 Å². The topological polar surface area (TPSA) is 58.4 Å². The molecule has 2 rings (SSSR count). The average molecular weight is 265 g/mol. The third kappa shape index (κ3) is 3.66. The van der Waals surface area contributed by atoms with Gasteiger partial charge in [0.05, 0.1) is 0 Å². The summed E-state index contributed by atoms with van der Waals surface area (Å²) in [5, 5.41) is 2.12. The fraction of sp³-hybridized carbons (Fsp3) is 0.462. The lowest BCUT2D eigenvalue weighted by molar-refractivity contribution is -0.121. The second-order valence-electron chi connectivity index (χ2n) is 4.43. The first kappa shape index (κ1) is 13.3. The van der Waals surface area contributed by atoms with Crippen molar-refractivity contribution in [1.29, 1.82) is 0 Å². The Morgan fingerprint density at radius 1 is 1.56 bits per heavy atom. The van der Waals surface area contributed by atoms with E-state index in [-0.39, 0.29) is 5.91 Å². The van der Waals surface area contributed by atoms with Gasteiger partial charge >= 0.3 is 0 Å². The Hall–Kier alpha value is -1.17. The van der Waals surface area contributed by atoms with Crippen molar-refractivity contribution in [3.05, 3.63) is 28.5 Å². The van der Waals surface area contributed by atoms with Gasteiger partial charge in [0.15, 0.2) is 0 Å². The Kier molecular flexibility index (Phi) is 4.92. The standard InChI is InChI=1S/C13H19N3OS/c14-15-13(17)4-1-7-16-8-5-11(6-9-16)12-3-2-10-18-12/h2-3,5,10H,1,4,6-9,14H2,(H,15,17). The van der Waals surface area contributed by atoms with Crippen LogP contribution >= 0.6 is 11.3 Å². The second-order valence-corrected chi connectivity index (χ2v) is 5.38. The Balaban J connectivity index is 1.74. The highest BCUT2D eigenvalue weighted by Crippen LogP contribution is 2.25. The van der Waals surface area contributed by atoms with Gasteiger partial charge in [-0.1, -0.05) is 12.1 Å². The second kappa shape index (κ2) is 6.68. The fourth-order valence-corrected chi connectivity index (χ4v) is 2.93.